The Bertz CT molecular complexity index is 1210. The van der Waals surface area contributed by atoms with Crippen molar-refractivity contribution in [3.8, 4) is 11.1 Å². The molecule has 0 saturated carbocycles. The van der Waals surface area contributed by atoms with E-state index in [1.54, 1.807) is 11.8 Å². The Hall–Kier alpha value is -2.82. The van der Waals surface area contributed by atoms with Crippen LogP contribution in [-0.2, 0) is 0 Å². The monoisotopic (exact) mass is 432 g/mol. The zero-order chi connectivity index (χ0) is 21.1. The van der Waals surface area contributed by atoms with Crippen molar-refractivity contribution in [2.75, 3.05) is 6.26 Å². The SMILES string of the molecule is CSc1cccc(C(C)NC(=O)c2ccc3cncc(-c4ccc(Cl)cc4)c3c2)c1. The number of fused-ring (bicyclic) bond motifs is 1. The van der Waals surface area contributed by atoms with Crippen molar-refractivity contribution >= 4 is 40.0 Å². The van der Waals surface area contributed by atoms with Gasteiger partial charge in [-0.15, -0.1) is 11.8 Å². The summed E-state index contributed by atoms with van der Waals surface area (Å²) >= 11 is 7.72. The molecular weight excluding hydrogens is 412 g/mol. The smallest absolute Gasteiger partial charge is 0.251 e. The lowest BCUT2D eigenvalue weighted by molar-refractivity contribution is 0.0940. The summed E-state index contributed by atoms with van der Waals surface area (Å²) in [5.41, 5.74) is 3.69. The van der Waals surface area contributed by atoms with Crippen molar-refractivity contribution in [1.29, 1.82) is 0 Å². The van der Waals surface area contributed by atoms with Gasteiger partial charge >= 0.3 is 0 Å². The minimum Gasteiger partial charge on any atom is -0.346 e. The van der Waals surface area contributed by atoms with Crippen molar-refractivity contribution in [3.63, 3.8) is 0 Å². The highest BCUT2D eigenvalue weighted by atomic mass is 35.5. The number of pyridine rings is 1. The Morgan fingerprint density at radius 3 is 2.60 bits per heavy atom. The number of nitrogens with one attached hydrogen (secondary N) is 1. The van der Waals surface area contributed by atoms with Gasteiger partial charge in [0, 0.05) is 38.8 Å². The minimum absolute atomic E-state index is 0.0894. The number of benzene rings is 3. The summed E-state index contributed by atoms with van der Waals surface area (Å²) < 4.78 is 0. The first-order valence-corrected chi connectivity index (χ1v) is 11.2. The predicted molar refractivity (Wildman–Crippen MR) is 126 cm³/mol. The maximum Gasteiger partial charge on any atom is 0.251 e. The third-order valence-electron chi connectivity index (χ3n) is 5.12. The number of amides is 1. The molecule has 0 saturated heterocycles. The van der Waals surface area contributed by atoms with Gasteiger partial charge in [0.25, 0.3) is 5.91 Å². The van der Waals surface area contributed by atoms with Crippen LogP contribution in [0.4, 0.5) is 0 Å². The van der Waals surface area contributed by atoms with E-state index in [-0.39, 0.29) is 11.9 Å². The number of hydrogen-bond donors (Lipinski definition) is 1. The van der Waals surface area contributed by atoms with Gasteiger partial charge in [-0.2, -0.15) is 0 Å². The quantitative estimate of drug-likeness (QED) is 0.354. The van der Waals surface area contributed by atoms with E-state index in [2.05, 4.69) is 22.4 Å². The molecule has 3 nitrogen and oxygen atoms in total. The largest absolute Gasteiger partial charge is 0.346 e. The van der Waals surface area contributed by atoms with Crippen LogP contribution in [0.25, 0.3) is 21.9 Å². The highest BCUT2D eigenvalue weighted by Gasteiger charge is 2.14. The zero-order valence-corrected chi connectivity index (χ0v) is 18.3. The van der Waals surface area contributed by atoms with Crippen LogP contribution in [0.1, 0.15) is 28.9 Å². The van der Waals surface area contributed by atoms with Crippen LogP contribution in [-0.4, -0.2) is 17.1 Å². The molecule has 30 heavy (non-hydrogen) atoms. The molecule has 1 aromatic heterocycles. The van der Waals surface area contributed by atoms with Gasteiger partial charge in [0.1, 0.15) is 0 Å². The molecule has 0 aliphatic carbocycles. The fourth-order valence-corrected chi connectivity index (χ4v) is 4.03. The average Bonchev–Trinajstić information content (AvgIpc) is 2.79. The van der Waals surface area contributed by atoms with Crippen LogP contribution in [0.5, 0.6) is 0 Å². The van der Waals surface area contributed by atoms with Gasteiger partial charge in [0.2, 0.25) is 0 Å². The van der Waals surface area contributed by atoms with Crippen molar-refractivity contribution < 1.29 is 4.79 Å². The minimum atomic E-state index is -0.0992. The fourth-order valence-electron chi connectivity index (χ4n) is 3.44. The van der Waals surface area contributed by atoms with Gasteiger partial charge in [-0.25, -0.2) is 0 Å². The van der Waals surface area contributed by atoms with Crippen LogP contribution in [0.15, 0.2) is 84.0 Å². The normalized spacial score (nSPS) is 12.0. The van der Waals surface area contributed by atoms with E-state index < -0.39 is 0 Å². The Morgan fingerprint density at radius 2 is 1.83 bits per heavy atom. The molecule has 1 atom stereocenters. The Morgan fingerprint density at radius 1 is 1.03 bits per heavy atom. The molecule has 0 fully saturated rings. The van der Waals surface area contributed by atoms with E-state index in [1.165, 1.54) is 4.90 Å². The van der Waals surface area contributed by atoms with E-state index >= 15 is 0 Å². The van der Waals surface area contributed by atoms with Gasteiger partial charge < -0.3 is 5.32 Å². The third kappa shape index (κ3) is 4.35. The molecule has 150 valence electrons. The lowest BCUT2D eigenvalue weighted by Gasteiger charge is -2.16. The molecule has 5 heteroatoms. The summed E-state index contributed by atoms with van der Waals surface area (Å²) in [6, 6.07) is 21.5. The highest BCUT2D eigenvalue weighted by molar-refractivity contribution is 7.98. The molecule has 1 amide bonds. The first-order valence-electron chi connectivity index (χ1n) is 9.63. The van der Waals surface area contributed by atoms with E-state index in [0.29, 0.717) is 10.6 Å². The molecule has 4 aromatic rings. The highest BCUT2D eigenvalue weighted by Crippen LogP contribution is 2.29. The molecule has 3 aromatic carbocycles. The summed E-state index contributed by atoms with van der Waals surface area (Å²) in [7, 11) is 0. The number of carbonyl (C=O) groups excluding carboxylic acids is 1. The summed E-state index contributed by atoms with van der Waals surface area (Å²) in [5, 5.41) is 5.77. The van der Waals surface area contributed by atoms with Crippen LogP contribution in [0, 0.1) is 0 Å². The second-order valence-corrected chi connectivity index (χ2v) is 8.42. The fraction of sp³-hybridized carbons (Fsp3) is 0.120. The van der Waals surface area contributed by atoms with Gasteiger partial charge in [-0.05, 0) is 66.1 Å². The molecular formula is C25H21ClN2OS. The summed E-state index contributed by atoms with van der Waals surface area (Å²) in [4.78, 5) is 18.5. The summed E-state index contributed by atoms with van der Waals surface area (Å²) in [5.74, 6) is -0.0992. The van der Waals surface area contributed by atoms with Crippen molar-refractivity contribution in [3.05, 3.63) is 95.3 Å². The first kappa shape index (κ1) is 20.5. The van der Waals surface area contributed by atoms with Crippen LogP contribution >= 0.6 is 23.4 Å². The first-order chi connectivity index (χ1) is 14.5. The number of aromatic nitrogens is 1. The second kappa shape index (κ2) is 8.90. The Kier molecular flexibility index (Phi) is 6.07. The number of thioether (sulfide) groups is 1. The van der Waals surface area contributed by atoms with E-state index in [0.717, 1.165) is 27.5 Å². The summed E-state index contributed by atoms with van der Waals surface area (Å²) in [6.07, 6.45) is 5.68. The second-order valence-electron chi connectivity index (χ2n) is 7.10. The molecule has 0 bridgehead atoms. The number of hydrogen-bond acceptors (Lipinski definition) is 3. The van der Waals surface area contributed by atoms with E-state index in [9.17, 15) is 4.79 Å². The van der Waals surface area contributed by atoms with Crippen molar-refractivity contribution in [1.82, 2.24) is 10.3 Å². The van der Waals surface area contributed by atoms with Crippen molar-refractivity contribution in [2.24, 2.45) is 0 Å². The predicted octanol–water partition coefficient (Wildman–Crippen LogP) is 6.77. The third-order valence-corrected chi connectivity index (χ3v) is 6.10. The maximum atomic E-state index is 13.0. The lowest BCUT2D eigenvalue weighted by atomic mass is 9.99. The molecule has 1 heterocycles. The molecule has 0 aliphatic heterocycles. The number of nitrogens with zero attached hydrogens (tertiary/aromatic N) is 1. The average molecular weight is 433 g/mol. The molecule has 4 rings (SSSR count). The van der Waals surface area contributed by atoms with Gasteiger partial charge in [-0.1, -0.05) is 41.9 Å². The zero-order valence-electron chi connectivity index (χ0n) is 16.7. The molecule has 1 N–H and O–H groups in total. The number of carbonyl (C=O) groups is 1. The number of rotatable bonds is 5. The Labute approximate surface area is 185 Å². The lowest BCUT2D eigenvalue weighted by Crippen LogP contribution is -2.26. The Balaban J connectivity index is 1.64. The van der Waals surface area contributed by atoms with Crippen LogP contribution < -0.4 is 5.32 Å². The van der Waals surface area contributed by atoms with Gasteiger partial charge in [0.05, 0.1) is 6.04 Å². The van der Waals surface area contributed by atoms with Crippen LogP contribution in [0.2, 0.25) is 5.02 Å². The standard InChI is InChI=1S/C25H21ClN2OS/c1-16(18-4-3-5-22(12-18)30-2)28-25(29)19-6-7-20-14-27-15-24(23(20)13-19)17-8-10-21(26)11-9-17/h3-16H,1-2H3,(H,28,29). The molecule has 1 unspecified atom stereocenters. The van der Waals surface area contributed by atoms with Crippen LogP contribution in [0.3, 0.4) is 0 Å². The van der Waals surface area contributed by atoms with E-state index in [1.807, 2.05) is 80.2 Å². The molecule has 0 spiro atoms. The van der Waals surface area contributed by atoms with Crippen molar-refractivity contribution in [2.45, 2.75) is 17.9 Å². The summed E-state index contributed by atoms with van der Waals surface area (Å²) in [6.45, 7) is 2.00. The molecule has 0 radical (unpaired) electrons. The van der Waals surface area contributed by atoms with Gasteiger partial charge in [0.15, 0.2) is 0 Å². The maximum absolute atomic E-state index is 13.0. The number of halogens is 1. The van der Waals surface area contributed by atoms with Gasteiger partial charge in [-0.3, -0.25) is 9.78 Å². The topological polar surface area (TPSA) is 42.0 Å². The van der Waals surface area contributed by atoms with E-state index in [4.69, 9.17) is 11.6 Å². The molecule has 0 aliphatic rings.